The number of carbonyl (C=O) groups is 2. The van der Waals surface area contributed by atoms with Crippen LogP contribution in [0.15, 0.2) is 18.2 Å². The topological polar surface area (TPSA) is 64.6 Å². The number of fused-ring (bicyclic) bond motifs is 1. The highest BCUT2D eigenvalue weighted by molar-refractivity contribution is 7.17. The van der Waals surface area contributed by atoms with E-state index in [9.17, 15) is 9.59 Å². The summed E-state index contributed by atoms with van der Waals surface area (Å²) in [6, 6.07) is 5.23. The van der Waals surface area contributed by atoms with Crippen molar-refractivity contribution >= 4 is 39.8 Å². The van der Waals surface area contributed by atoms with Crippen molar-refractivity contribution in [2.75, 3.05) is 18.5 Å². The van der Waals surface area contributed by atoms with E-state index in [-0.39, 0.29) is 18.5 Å². The first-order valence-corrected chi connectivity index (χ1v) is 10.2. The molecule has 7 heteroatoms. The van der Waals surface area contributed by atoms with Crippen LogP contribution in [0.25, 0.3) is 0 Å². The average Bonchev–Trinajstić information content (AvgIpc) is 2.99. The number of rotatable bonds is 6. The molecule has 0 atom stereocenters. The van der Waals surface area contributed by atoms with Gasteiger partial charge in [-0.1, -0.05) is 11.6 Å². The Hall–Kier alpha value is -2.05. The highest BCUT2D eigenvalue weighted by atomic mass is 35.5. The first-order valence-electron chi connectivity index (χ1n) is 9.00. The van der Waals surface area contributed by atoms with E-state index in [4.69, 9.17) is 21.1 Å². The van der Waals surface area contributed by atoms with Gasteiger partial charge >= 0.3 is 5.97 Å². The molecule has 27 heavy (non-hydrogen) atoms. The zero-order valence-electron chi connectivity index (χ0n) is 15.4. The molecule has 144 valence electrons. The Labute approximate surface area is 167 Å². The number of hydrogen-bond acceptors (Lipinski definition) is 5. The number of ether oxygens (including phenoxy) is 2. The van der Waals surface area contributed by atoms with Crippen LogP contribution in [0, 0.1) is 6.92 Å². The highest BCUT2D eigenvalue weighted by Crippen LogP contribution is 2.38. The second kappa shape index (κ2) is 8.76. The molecule has 0 spiro atoms. The summed E-state index contributed by atoms with van der Waals surface area (Å²) in [6.45, 7) is 3.80. The average molecular weight is 408 g/mol. The summed E-state index contributed by atoms with van der Waals surface area (Å²) in [5.41, 5.74) is 2.39. The van der Waals surface area contributed by atoms with Gasteiger partial charge in [0, 0.05) is 9.90 Å². The van der Waals surface area contributed by atoms with E-state index in [0.29, 0.717) is 27.9 Å². The van der Waals surface area contributed by atoms with Crippen LogP contribution in [0.2, 0.25) is 5.02 Å². The molecule has 0 fully saturated rings. The van der Waals surface area contributed by atoms with Crippen LogP contribution in [0.3, 0.4) is 0 Å². The Morgan fingerprint density at radius 1 is 1.26 bits per heavy atom. The smallest absolute Gasteiger partial charge is 0.341 e. The normalized spacial score (nSPS) is 13.0. The van der Waals surface area contributed by atoms with E-state index < -0.39 is 0 Å². The molecular weight excluding hydrogens is 386 g/mol. The van der Waals surface area contributed by atoms with Gasteiger partial charge in [-0.05, 0) is 68.9 Å². The van der Waals surface area contributed by atoms with E-state index in [0.717, 1.165) is 41.7 Å². The standard InChI is InChI=1S/C20H22ClNO4S/c1-3-25-20(24)18-14-6-4-5-7-16(14)27-19(18)22-17(23)11-26-15-9-8-13(21)10-12(15)2/h8-10H,3-7,11H2,1-2H3,(H,22,23). The molecule has 1 aliphatic carbocycles. The fourth-order valence-corrected chi connectivity index (χ4v) is 4.67. The minimum absolute atomic E-state index is 0.146. The summed E-state index contributed by atoms with van der Waals surface area (Å²) in [5.74, 6) is -0.0826. The van der Waals surface area contributed by atoms with Crippen molar-refractivity contribution in [1.29, 1.82) is 0 Å². The predicted octanol–water partition coefficient (Wildman–Crippen LogP) is 4.78. The Morgan fingerprint density at radius 3 is 2.78 bits per heavy atom. The molecule has 0 bridgehead atoms. The molecular formula is C20H22ClNO4S. The zero-order chi connectivity index (χ0) is 19.4. The third kappa shape index (κ3) is 4.62. The van der Waals surface area contributed by atoms with E-state index in [1.54, 1.807) is 25.1 Å². The molecule has 5 nitrogen and oxygen atoms in total. The van der Waals surface area contributed by atoms with Gasteiger partial charge in [-0.15, -0.1) is 11.3 Å². The molecule has 0 radical (unpaired) electrons. The molecule has 1 aromatic heterocycles. The van der Waals surface area contributed by atoms with Crippen molar-refractivity contribution in [3.05, 3.63) is 44.8 Å². The lowest BCUT2D eigenvalue weighted by Gasteiger charge is -2.12. The number of anilines is 1. The molecule has 0 saturated heterocycles. The fraction of sp³-hybridized carbons (Fsp3) is 0.400. The summed E-state index contributed by atoms with van der Waals surface area (Å²) in [4.78, 5) is 26.0. The minimum Gasteiger partial charge on any atom is -0.483 e. The molecule has 2 aromatic rings. The number of benzene rings is 1. The van der Waals surface area contributed by atoms with E-state index in [2.05, 4.69) is 5.32 Å². The lowest BCUT2D eigenvalue weighted by molar-refractivity contribution is -0.118. The van der Waals surface area contributed by atoms with Crippen molar-refractivity contribution in [2.45, 2.75) is 39.5 Å². The fourth-order valence-electron chi connectivity index (χ4n) is 3.15. The van der Waals surface area contributed by atoms with Gasteiger partial charge in [0.05, 0.1) is 12.2 Å². The molecule has 1 aliphatic rings. The lowest BCUT2D eigenvalue weighted by Crippen LogP contribution is -2.21. The molecule has 1 aromatic carbocycles. The van der Waals surface area contributed by atoms with Crippen LogP contribution in [-0.2, 0) is 22.4 Å². The summed E-state index contributed by atoms with van der Waals surface area (Å²) < 4.78 is 10.8. The number of amides is 1. The van der Waals surface area contributed by atoms with E-state index in [1.807, 2.05) is 6.92 Å². The van der Waals surface area contributed by atoms with Crippen LogP contribution in [0.4, 0.5) is 5.00 Å². The van der Waals surface area contributed by atoms with Gasteiger partial charge < -0.3 is 14.8 Å². The molecule has 0 saturated carbocycles. The van der Waals surface area contributed by atoms with Crippen LogP contribution >= 0.6 is 22.9 Å². The number of esters is 1. The quantitative estimate of drug-likeness (QED) is 0.699. The summed E-state index contributed by atoms with van der Waals surface area (Å²) in [6.07, 6.45) is 3.92. The maximum Gasteiger partial charge on any atom is 0.341 e. The summed E-state index contributed by atoms with van der Waals surface area (Å²) >= 11 is 7.40. The molecule has 0 unspecified atom stereocenters. The number of carbonyl (C=O) groups excluding carboxylic acids is 2. The molecule has 3 rings (SSSR count). The van der Waals surface area contributed by atoms with Gasteiger partial charge in [-0.3, -0.25) is 4.79 Å². The van der Waals surface area contributed by atoms with E-state index in [1.165, 1.54) is 11.3 Å². The van der Waals surface area contributed by atoms with Gasteiger partial charge in [0.15, 0.2) is 6.61 Å². The van der Waals surface area contributed by atoms with Gasteiger partial charge in [0.2, 0.25) is 0 Å². The van der Waals surface area contributed by atoms with Crippen LogP contribution < -0.4 is 10.1 Å². The van der Waals surface area contributed by atoms with Crippen LogP contribution in [0.1, 0.15) is 46.1 Å². The Bertz CT molecular complexity index is 862. The number of nitrogens with one attached hydrogen (secondary N) is 1. The highest BCUT2D eigenvalue weighted by Gasteiger charge is 2.27. The van der Waals surface area contributed by atoms with Gasteiger partial charge in [-0.2, -0.15) is 0 Å². The molecule has 0 aliphatic heterocycles. The number of aryl methyl sites for hydroxylation is 2. The van der Waals surface area contributed by atoms with Crippen LogP contribution in [0.5, 0.6) is 5.75 Å². The van der Waals surface area contributed by atoms with E-state index >= 15 is 0 Å². The molecule has 1 amide bonds. The Kier molecular flexibility index (Phi) is 6.39. The molecule has 1 N–H and O–H groups in total. The van der Waals surface area contributed by atoms with Crippen molar-refractivity contribution in [3.63, 3.8) is 0 Å². The van der Waals surface area contributed by atoms with Gasteiger partial charge in [-0.25, -0.2) is 4.79 Å². The Morgan fingerprint density at radius 2 is 2.04 bits per heavy atom. The second-order valence-electron chi connectivity index (χ2n) is 6.38. The third-order valence-electron chi connectivity index (χ3n) is 4.40. The second-order valence-corrected chi connectivity index (χ2v) is 7.92. The summed E-state index contributed by atoms with van der Waals surface area (Å²) in [5, 5.41) is 4.01. The van der Waals surface area contributed by atoms with Gasteiger partial charge in [0.1, 0.15) is 10.8 Å². The predicted molar refractivity (Wildman–Crippen MR) is 107 cm³/mol. The van der Waals surface area contributed by atoms with Crippen molar-refractivity contribution in [1.82, 2.24) is 0 Å². The Balaban J connectivity index is 1.73. The first kappa shape index (κ1) is 19.7. The number of thiophene rings is 1. The monoisotopic (exact) mass is 407 g/mol. The number of halogens is 1. The van der Waals surface area contributed by atoms with Crippen molar-refractivity contribution < 1.29 is 19.1 Å². The maximum atomic E-state index is 12.4. The van der Waals surface area contributed by atoms with Crippen LogP contribution in [-0.4, -0.2) is 25.1 Å². The largest absolute Gasteiger partial charge is 0.483 e. The van der Waals surface area contributed by atoms with Crippen molar-refractivity contribution in [3.8, 4) is 5.75 Å². The zero-order valence-corrected chi connectivity index (χ0v) is 17.0. The van der Waals surface area contributed by atoms with Gasteiger partial charge in [0.25, 0.3) is 5.91 Å². The lowest BCUT2D eigenvalue weighted by atomic mass is 9.95. The minimum atomic E-state index is -0.373. The third-order valence-corrected chi connectivity index (χ3v) is 5.84. The summed E-state index contributed by atoms with van der Waals surface area (Å²) in [7, 11) is 0. The maximum absolute atomic E-state index is 12.4. The SMILES string of the molecule is CCOC(=O)c1c(NC(=O)COc2ccc(Cl)cc2C)sc2c1CCCC2. The first-order chi connectivity index (χ1) is 13.0. The molecule has 1 heterocycles. The number of hydrogen-bond donors (Lipinski definition) is 1. The van der Waals surface area contributed by atoms with Crippen molar-refractivity contribution in [2.24, 2.45) is 0 Å².